The first kappa shape index (κ1) is 19.4. The predicted octanol–water partition coefficient (Wildman–Crippen LogP) is 4.34. The standard InChI is InChI=1S/C20H27N5OS/c1-14(2)21-20(27)24-19-22-17(25-12-8-7-9-15(25)3)13-18(23-19)26-16-10-5-4-6-11-16/h4-6,10-11,13-15H,7-9,12H2,1-3H3,(H2,21,22,23,24,27). The fourth-order valence-corrected chi connectivity index (χ4v) is 3.44. The minimum atomic E-state index is 0.232. The van der Waals surface area contributed by atoms with Gasteiger partial charge in [-0.2, -0.15) is 9.97 Å². The van der Waals surface area contributed by atoms with Crippen LogP contribution in [0.15, 0.2) is 36.4 Å². The van der Waals surface area contributed by atoms with Crippen molar-refractivity contribution < 1.29 is 4.74 Å². The zero-order valence-corrected chi connectivity index (χ0v) is 16.9. The Morgan fingerprint density at radius 3 is 2.70 bits per heavy atom. The molecule has 1 fully saturated rings. The van der Waals surface area contributed by atoms with Gasteiger partial charge in [0.05, 0.1) is 0 Å². The number of anilines is 2. The highest BCUT2D eigenvalue weighted by Crippen LogP contribution is 2.28. The van der Waals surface area contributed by atoms with Crippen LogP contribution in [0.5, 0.6) is 11.6 Å². The van der Waals surface area contributed by atoms with Crippen LogP contribution in [0.3, 0.4) is 0 Å². The van der Waals surface area contributed by atoms with Gasteiger partial charge in [-0.05, 0) is 64.4 Å². The average molecular weight is 386 g/mol. The molecule has 1 aliphatic rings. The van der Waals surface area contributed by atoms with E-state index in [0.29, 0.717) is 23.0 Å². The third kappa shape index (κ3) is 5.53. The largest absolute Gasteiger partial charge is 0.439 e. The molecule has 1 unspecified atom stereocenters. The van der Waals surface area contributed by atoms with E-state index in [2.05, 4.69) is 27.4 Å². The number of nitrogens with zero attached hydrogens (tertiary/aromatic N) is 3. The lowest BCUT2D eigenvalue weighted by Crippen LogP contribution is -2.38. The van der Waals surface area contributed by atoms with E-state index in [1.165, 1.54) is 12.8 Å². The lowest BCUT2D eigenvalue weighted by molar-refractivity contribution is 0.457. The smallest absolute Gasteiger partial charge is 0.234 e. The van der Waals surface area contributed by atoms with Gasteiger partial charge in [-0.1, -0.05) is 18.2 Å². The third-order valence-corrected chi connectivity index (χ3v) is 4.62. The summed E-state index contributed by atoms with van der Waals surface area (Å²) in [5, 5.41) is 6.74. The number of nitrogens with one attached hydrogen (secondary N) is 2. The van der Waals surface area contributed by atoms with E-state index in [-0.39, 0.29) is 6.04 Å². The molecule has 3 rings (SSSR count). The molecule has 0 bridgehead atoms. The molecule has 0 amide bonds. The Hall–Kier alpha value is -2.41. The van der Waals surface area contributed by atoms with Gasteiger partial charge in [0.2, 0.25) is 11.8 Å². The maximum atomic E-state index is 5.97. The van der Waals surface area contributed by atoms with Gasteiger partial charge in [0.25, 0.3) is 0 Å². The van der Waals surface area contributed by atoms with E-state index in [0.717, 1.165) is 24.5 Å². The number of rotatable bonds is 5. The molecular formula is C20H27N5OS. The molecule has 1 aliphatic heterocycles. The quantitative estimate of drug-likeness (QED) is 0.742. The number of aromatic nitrogens is 2. The first-order chi connectivity index (χ1) is 13.0. The maximum Gasteiger partial charge on any atom is 0.234 e. The van der Waals surface area contributed by atoms with Crippen LogP contribution >= 0.6 is 12.2 Å². The molecular weight excluding hydrogens is 358 g/mol. The first-order valence-electron chi connectivity index (χ1n) is 9.47. The van der Waals surface area contributed by atoms with Gasteiger partial charge in [-0.25, -0.2) is 0 Å². The molecule has 6 nitrogen and oxygen atoms in total. The molecule has 0 aliphatic carbocycles. The number of piperidine rings is 1. The average Bonchev–Trinajstić information content (AvgIpc) is 2.62. The minimum Gasteiger partial charge on any atom is -0.439 e. The summed E-state index contributed by atoms with van der Waals surface area (Å²) in [6.07, 6.45) is 3.58. The topological polar surface area (TPSA) is 62.3 Å². The van der Waals surface area contributed by atoms with Crippen LogP contribution in [-0.4, -0.2) is 33.7 Å². The van der Waals surface area contributed by atoms with Crippen molar-refractivity contribution in [2.75, 3.05) is 16.8 Å². The van der Waals surface area contributed by atoms with Crippen molar-refractivity contribution in [1.82, 2.24) is 15.3 Å². The minimum absolute atomic E-state index is 0.232. The lowest BCUT2D eigenvalue weighted by atomic mass is 10.0. The SMILES string of the molecule is CC(C)NC(=S)Nc1nc(Oc2ccccc2)cc(N2CCCCC2C)n1. The Balaban J connectivity index is 1.88. The predicted molar refractivity (Wildman–Crippen MR) is 114 cm³/mol. The van der Waals surface area contributed by atoms with Gasteiger partial charge in [-0.15, -0.1) is 0 Å². The highest BCUT2D eigenvalue weighted by molar-refractivity contribution is 7.80. The normalized spacial score (nSPS) is 16.9. The molecule has 144 valence electrons. The van der Waals surface area contributed by atoms with Gasteiger partial charge < -0.3 is 20.3 Å². The van der Waals surface area contributed by atoms with Crippen molar-refractivity contribution in [3.63, 3.8) is 0 Å². The number of ether oxygens (including phenoxy) is 1. The second-order valence-electron chi connectivity index (χ2n) is 7.09. The Morgan fingerprint density at radius 2 is 2.00 bits per heavy atom. The number of benzene rings is 1. The van der Waals surface area contributed by atoms with Gasteiger partial charge in [0.1, 0.15) is 11.6 Å². The van der Waals surface area contributed by atoms with Crippen LogP contribution in [0.4, 0.5) is 11.8 Å². The molecule has 27 heavy (non-hydrogen) atoms. The van der Waals surface area contributed by atoms with Crippen molar-refractivity contribution in [1.29, 1.82) is 0 Å². The molecule has 7 heteroatoms. The first-order valence-corrected chi connectivity index (χ1v) is 9.88. The summed E-state index contributed by atoms with van der Waals surface area (Å²) in [5.41, 5.74) is 0. The van der Waals surface area contributed by atoms with E-state index < -0.39 is 0 Å². The van der Waals surface area contributed by atoms with Crippen LogP contribution in [0, 0.1) is 0 Å². The highest BCUT2D eigenvalue weighted by atomic mass is 32.1. The fraction of sp³-hybridized carbons (Fsp3) is 0.450. The van der Waals surface area contributed by atoms with Crippen LogP contribution < -0.4 is 20.3 Å². The number of para-hydroxylation sites is 1. The van der Waals surface area contributed by atoms with Crippen LogP contribution in [0.2, 0.25) is 0 Å². The Kier molecular flexibility index (Phi) is 6.45. The molecule has 2 heterocycles. The number of thiocarbonyl (C=S) groups is 1. The van der Waals surface area contributed by atoms with Gasteiger partial charge in [0, 0.05) is 24.7 Å². The van der Waals surface area contributed by atoms with Crippen molar-refractivity contribution in [3.8, 4) is 11.6 Å². The molecule has 2 aromatic rings. The van der Waals surface area contributed by atoms with E-state index in [4.69, 9.17) is 21.9 Å². The van der Waals surface area contributed by atoms with Gasteiger partial charge in [0.15, 0.2) is 5.11 Å². The summed E-state index contributed by atoms with van der Waals surface area (Å²) in [6, 6.07) is 12.2. The molecule has 2 N–H and O–H groups in total. The molecule has 0 saturated carbocycles. The second kappa shape index (κ2) is 8.99. The van der Waals surface area contributed by atoms with Crippen LogP contribution in [0.1, 0.15) is 40.0 Å². The van der Waals surface area contributed by atoms with Crippen molar-refractivity contribution >= 4 is 29.1 Å². The summed E-state index contributed by atoms with van der Waals surface area (Å²) in [7, 11) is 0. The lowest BCUT2D eigenvalue weighted by Gasteiger charge is -2.34. The van der Waals surface area contributed by atoms with Crippen LogP contribution in [-0.2, 0) is 0 Å². The Morgan fingerprint density at radius 1 is 1.22 bits per heavy atom. The summed E-state index contributed by atoms with van der Waals surface area (Å²) in [4.78, 5) is 11.5. The third-order valence-electron chi connectivity index (χ3n) is 4.40. The van der Waals surface area contributed by atoms with Gasteiger partial charge >= 0.3 is 0 Å². The highest BCUT2D eigenvalue weighted by Gasteiger charge is 2.21. The summed E-state index contributed by atoms with van der Waals surface area (Å²) in [6.45, 7) is 7.28. The monoisotopic (exact) mass is 385 g/mol. The van der Waals surface area contributed by atoms with Crippen molar-refractivity contribution in [2.45, 2.75) is 52.1 Å². The molecule has 0 radical (unpaired) electrons. The second-order valence-corrected chi connectivity index (χ2v) is 7.50. The summed E-state index contributed by atoms with van der Waals surface area (Å²) < 4.78 is 5.97. The maximum absolute atomic E-state index is 5.97. The Bertz CT molecular complexity index is 768. The number of hydrogen-bond donors (Lipinski definition) is 2. The number of hydrogen-bond acceptors (Lipinski definition) is 5. The molecule has 1 aromatic heterocycles. The van der Waals surface area contributed by atoms with Crippen LogP contribution in [0.25, 0.3) is 0 Å². The zero-order valence-electron chi connectivity index (χ0n) is 16.1. The summed E-state index contributed by atoms with van der Waals surface area (Å²) >= 11 is 5.35. The van der Waals surface area contributed by atoms with E-state index in [1.807, 2.05) is 50.2 Å². The van der Waals surface area contributed by atoms with E-state index in [1.54, 1.807) is 0 Å². The fourth-order valence-electron chi connectivity index (χ4n) is 3.12. The van der Waals surface area contributed by atoms with E-state index >= 15 is 0 Å². The summed E-state index contributed by atoms with van der Waals surface area (Å²) in [5.74, 6) is 2.54. The molecule has 0 spiro atoms. The molecule has 1 aromatic carbocycles. The molecule has 1 saturated heterocycles. The van der Waals surface area contributed by atoms with E-state index in [9.17, 15) is 0 Å². The van der Waals surface area contributed by atoms with Crippen molar-refractivity contribution in [3.05, 3.63) is 36.4 Å². The Labute approximate surface area is 166 Å². The molecule has 1 atom stereocenters. The zero-order chi connectivity index (χ0) is 19.2. The van der Waals surface area contributed by atoms with Crippen molar-refractivity contribution in [2.24, 2.45) is 0 Å². The van der Waals surface area contributed by atoms with Gasteiger partial charge in [-0.3, -0.25) is 0 Å².